The fourth-order valence-electron chi connectivity index (χ4n) is 2.48. The number of carbonyl (C=O) groups is 1. The van der Waals surface area contributed by atoms with Crippen molar-refractivity contribution in [2.45, 2.75) is 6.42 Å². The quantitative estimate of drug-likeness (QED) is 0.676. The van der Waals surface area contributed by atoms with Crippen molar-refractivity contribution in [3.8, 4) is 11.1 Å². The Hall–Kier alpha value is -2.57. The molecule has 0 unspecified atom stereocenters. The van der Waals surface area contributed by atoms with Gasteiger partial charge in [0.25, 0.3) is 0 Å². The molecule has 0 aliphatic carbocycles. The van der Waals surface area contributed by atoms with E-state index in [1.165, 1.54) is 7.11 Å². The molecule has 3 rings (SSSR count). The summed E-state index contributed by atoms with van der Waals surface area (Å²) < 4.78 is 4.69. The van der Waals surface area contributed by atoms with Crippen molar-refractivity contribution in [2.75, 3.05) is 12.8 Å². The second-order valence-electron chi connectivity index (χ2n) is 5.32. The van der Waals surface area contributed by atoms with Gasteiger partial charge in [0.05, 0.1) is 22.7 Å². The number of benzene rings is 2. The molecule has 0 amide bonds. The lowest BCUT2D eigenvalue weighted by Crippen LogP contribution is -2.00. The zero-order valence-electron chi connectivity index (χ0n) is 13.2. The summed E-state index contributed by atoms with van der Waals surface area (Å²) in [6.45, 7) is 0. The first kappa shape index (κ1) is 17.3. The molecule has 8 heteroatoms. The molecule has 0 aliphatic heterocycles. The average Bonchev–Trinajstić information content (AvgIpc) is 2.99. The van der Waals surface area contributed by atoms with Crippen LogP contribution in [-0.2, 0) is 11.2 Å². The number of nitrogen functional groups attached to an aromatic ring is 1. The van der Waals surface area contributed by atoms with Gasteiger partial charge in [0.1, 0.15) is 5.82 Å². The molecule has 1 aromatic heterocycles. The molecule has 0 bridgehead atoms. The first-order valence-electron chi connectivity index (χ1n) is 7.31. The molecule has 2 aromatic carbocycles. The Morgan fingerprint density at radius 1 is 1.20 bits per heavy atom. The minimum atomic E-state index is -0.398. The number of hydrogen-bond donors (Lipinski definition) is 2. The summed E-state index contributed by atoms with van der Waals surface area (Å²) in [5, 5.41) is 7.54. The smallest absolute Gasteiger partial charge is 0.337 e. The molecule has 0 radical (unpaired) electrons. The van der Waals surface area contributed by atoms with E-state index < -0.39 is 5.97 Å². The third-order valence-corrected chi connectivity index (χ3v) is 4.21. The van der Waals surface area contributed by atoms with Crippen LogP contribution in [0.3, 0.4) is 0 Å². The number of hydrogen-bond acceptors (Lipinski definition) is 5. The van der Waals surface area contributed by atoms with Gasteiger partial charge in [0.2, 0.25) is 5.95 Å². The molecule has 0 fully saturated rings. The van der Waals surface area contributed by atoms with Gasteiger partial charge in [0.15, 0.2) is 0 Å². The van der Waals surface area contributed by atoms with Gasteiger partial charge < -0.3 is 10.5 Å². The molecular weight excluding hydrogens is 363 g/mol. The molecule has 0 spiro atoms. The number of halogens is 2. The maximum absolute atomic E-state index is 11.5. The van der Waals surface area contributed by atoms with Crippen LogP contribution in [0.4, 0.5) is 5.95 Å². The van der Waals surface area contributed by atoms with Crippen molar-refractivity contribution >= 4 is 35.1 Å². The van der Waals surface area contributed by atoms with Crippen LogP contribution in [-0.4, -0.2) is 28.3 Å². The zero-order valence-corrected chi connectivity index (χ0v) is 14.7. The summed E-state index contributed by atoms with van der Waals surface area (Å²) in [6, 6.07) is 10.5. The number of H-pyrrole nitrogens is 1. The summed E-state index contributed by atoms with van der Waals surface area (Å²) in [5.74, 6) is 0.416. The van der Waals surface area contributed by atoms with E-state index in [4.69, 9.17) is 28.9 Å². The van der Waals surface area contributed by atoms with Gasteiger partial charge >= 0.3 is 5.97 Å². The van der Waals surface area contributed by atoms with Gasteiger partial charge in [-0.05, 0) is 35.4 Å². The maximum Gasteiger partial charge on any atom is 0.337 e. The number of esters is 1. The fourth-order valence-corrected chi connectivity index (χ4v) is 3.23. The molecule has 0 atom stereocenters. The SMILES string of the molecule is COC(=O)c1ccc(-c2c(Cl)cc(Cc3nc(N)n[nH]3)cc2Cl)cc1. The molecule has 3 aromatic rings. The van der Waals surface area contributed by atoms with Gasteiger partial charge in [0, 0.05) is 12.0 Å². The van der Waals surface area contributed by atoms with Crippen LogP contribution in [0, 0.1) is 0 Å². The van der Waals surface area contributed by atoms with E-state index in [0.29, 0.717) is 33.4 Å². The summed E-state index contributed by atoms with van der Waals surface area (Å²) in [5.41, 5.74) is 8.33. The lowest BCUT2D eigenvalue weighted by Gasteiger charge is -2.10. The molecule has 3 N–H and O–H groups in total. The number of carbonyl (C=O) groups excluding carboxylic acids is 1. The van der Waals surface area contributed by atoms with E-state index in [-0.39, 0.29) is 5.95 Å². The number of aromatic amines is 1. The third-order valence-electron chi connectivity index (χ3n) is 3.62. The zero-order chi connectivity index (χ0) is 18.0. The number of anilines is 1. The Morgan fingerprint density at radius 2 is 1.84 bits per heavy atom. The monoisotopic (exact) mass is 376 g/mol. The Balaban J connectivity index is 1.91. The van der Waals surface area contributed by atoms with Gasteiger partial charge in [-0.2, -0.15) is 4.98 Å². The number of nitrogens with one attached hydrogen (secondary N) is 1. The summed E-state index contributed by atoms with van der Waals surface area (Å²) in [6.07, 6.45) is 0.477. The summed E-state index contributed by atoms with van der Waals surface area (Å²) in [7, 11) is 1.34. The molecular formula is C17H14Cl2N4O2. The number of nitrogens with two attached hydrogens (primary N) is 1. The fraction of sp³-hybridized carbons (Fsp3) is 0.118. The Bertz CT molecular complexity index is 900. The highest BCUT2D eigenvalue weighted by molar-refractivity contribution is 6.39. The summed E-state index contributed by atoms with van der Waals surface area (Å²) in [4.78, 5) is 15.6. The van der Waals surface area contributed by atoms with Gasteiger partial charge in [-0.25, -0.2) is 4.79 Å². The minimum Gasteiger partial charge on any atom is -0.465 e. The number of rotatable bonds is 4. The standard InChI is InChI=1S/C17H14Cl2N4O2/c1-25-16(24)11-4-2-10(3-5-11)15-12(18)6-9(7-13(15)19)8-14-21-17(20)23-22-14/h2-7H,8H2,1H3,(H3,20,21,22,23). The normalized spacial score (nSPS) is 10.7. The predicted octanol–water partition coefficient (Wildman–Crippen LogP) is 3.74. The third kappa shape index (κ3) is 3.75. The van der Waals surface area contributed by atoms with Crippen LogP contribution in [0.2, 0.25) is 10.0 Å². The van der Waals surface area contributed by atoms with Gasteiger partial charge in [-0.1, -0.05) is 35.3 Å². The van der Waals surface area contributed by atoms with Crippen LogP contribution >= 0.6 is 23.2 Å². The number of aromatic nitrogens is 3. The summed E-state index contributed by atoms with van der Waals surface area (Å²) >= 11 is 12.8. The van der Waals surface area contributed by atoms with Crippen molar-refractivity contribution in [1.29, 1.82) is 0 Å². The molecule has 0 saturated carbocycles. The van der Waals surface area contributed by atoms with Crippen LogP contribution in [0.15, 0.2) is 36.4 Å². The van der Waals surface area contributed by atoms with Crippen molar-refractivity contribution in [2.24, 2.45) is 0 Å². The lowest BCUT2D eigenvalue weighted by molar-refractivity contribution is 0.0601. The topological polar surface area (TPSA) is 93.9 Å². The van der Waals surface area contributed by atoms with E-state index in [1.54, 1.807) is 24.3 Å². The number of methoxy groups -OCH3 is 1. The van der Waals surface area contributed by atoms with Crippen molar-refractivity contribution in [3.05, 3.63) is 63.4 Å². The van der Waals surface area contributed by atoms with E-state index in [2.05, 4.69) is 19.9 Å². The van der Waals surface area contributed by atoms with E-state index in [9.17, 15) is 4.79 Å². The second kappa shape index (κ2) is 7.13. The van der Waals surface area contributed by atoms with Crippen molar-refractivity contribution in [3.63, 3.8) is 0 Å². The van der Waals surface area contributed by atoms with Gasteiger partial charge in [-0.3, -0.25) is 5.10 Å². The molecule has 0 aliphatic rings. The highest BCUT2D eigenvalue weighted by atomic mass is 35.5. The van der Waals surface area contributed by atoms with Crippen LogP contribution in [0.25, 0.3) is 11.1 Å². The Kier molecular flexibility index (Phi) is 4.92. The first-order chi connectivity index (χ1) is 12.0. The average molecular weight is 377 g/mol. The molecule has 0 saturated heterocycles. The Morgan fingerprint density at radius 3 is 2.36 bits per heavy atom. The van der Waals surface area contributed by atoms with Gasteiger partial charge in [-0.15, -0.1) is 5.10 Å². The second-order valence-corrected chi connectivity index (χ2v) is 6.13. The largest absolute Gasteiger partial charge is 0.465 e. The van der Waals surface area contributed by atoms with E-state index >= 15 is 0 Å². The minimum absolute atomic E-state index is 0.189. The molecule has 25 heavy (non-hydrogen) atoms. The molecule has 6 nitrogen and oxygen atoms in total. The van der Waals surface area contributed by atoms with E-state index in [0.717, 1.165) is 11.1 Å². The van der Waals surface area contributed by atoms with Crippen LogP contribution in [0.5, 0.6) is 0 Å². The highest BCUT2D eigenvalue weighted by Crippen LogP contribution is 2.36. The molecule has 1 heterocycles. The highest BCUT2D eigenvalue weighted by Gasteiger charge is 2.13. The Labute approximate surface area is 153 Å². The number of ether oxygens (including phenoxy) is 1. The van der Waals surface area contributed by atoms with Crippen LogP contribution in [0.1, 0.15) is 21.7 Å². The maximum atomic E-state index is 11.5. The van der Waals surface area contributed by atoms with Crippen LogP contribution < -0.4 is 5.73 Å². The predicted molar refractivity (Wildman–Crippen MR) is 96.8 cm³/mol. The van der Waals surface area contributed by atoms with Crippen molar-refractivity contribution in [1.82, 2.24) is 15.2 Å². The van der Waals surface area contributed by atoms with E-state index in [1.807, 2.05) is 12.1 Å². The van der Waals surface area contributed by atoms with Crippen molar-refractivity contribution < 1.29 is 9.53 Å². The first-order valence-corrected chi connectivity index (χ1v) is 8.07. The number of nitrogens with zero attached hydrogens (tertiary/aromatic N) is 2. The lowest BCUT2D eigenvalue weighted by atomic mass is 10.0. The molecule has 128 valence electrons.